The molecule has 11 nitrogen and oxygen atoms in total. The predicted octanol–water partition coefficient (Wildman–Crippen LogP) is 1.04. The minimum Gasteiger partial charge on any atom is -0.394 e. The maximum atomic E-state index is 12.7. The van der Waals surface area contributed by atoms with E-state index in [1.807, 2.05) is 12.2 Å². The van der Waals surface area contributed by atoms with Crippen LogP contribution in [0.4, 0.5) is 0 Å². The number of hydrogen-bond donors (Lipinski definition) is 8. The van der Waals surface area contributed by atoms with E-state index in [1.54, 1.807) is 0 Å². The zero-order valence-corrected chi connectivity index (χ0v) is 24.3. The lowest BCUT2D eigenvalue weighted by Crippen LogP contribution is -2.60. The fourth-order valence-electron chi connectivity index (χ4n) is 4.61. The van der Waals surface area contributed by atoms with Crippen LogP contribution in [0.5, 0.6) is 0 Å². The van der Waals surface area contributed by atoms with Gasteiger partial charge in [0.15, 0.2) is 6.29 Å². The Kier molecular flexibility index (Phi) is 19.9. The van der Waals surface area contributed by atoms with Crippen molar-refractivity contribution in [2.75, 3.05) is 13.2 Å². The Hall–Kier alpha value is -1.15. The number of nitrogens with one attached hydrogen (secondary N) is 1. The van der Waals surface area contributed by atoms with Gasteiger partial charge in [0.2, 0.25) is 5.91 Å². The number of unbranched alkanes of at least 4 members (excludes halogenated alkanes) is 8. The highest BCUT2D eigenvalue weighted by molar-refractivity contribution is 5.80. The zero-order chi connectivity index (χ0) is 29.9. The molecule has 0 aromatic carbocycles. The maximum Gasteiger partial charge on any atom is 0.249 e. The van der Waals surface area contributed by atoms with Crippen molar-refractivity contribution in [3.63, 3.8) is 0 Å². The lowest BCUT2D eigenvalue weighted by Gasteiger charge is -2.40. The second-order valence-corrected chi connectivity index (χ2v) is 10.8. The molecule has 1 fully saturated rings. The monoisotopic (exact) mass is 577 g/mol. The van der Waals surface area contributed by atoms with E-state index in [-0.39, 0.29) is 6.42 Å². The summed E-state index contributed by atoms with van der Waals surface area (Å²) in [6.45, 7) is 3.18. The van der Waals surface area contributed by atoms with Crippen LogP contribution in [0.2, 0.25) is 0 Å². The van der Waals surface area contributed by atoms with E-state index in [0.717, 1.165) is 38.5 Å². The molecule has 1 rings (SSSR count). The second-order valence-electron chi connectivity index (χ2n) is 10.8. The SMILES string of the molecule is CCCCCC/C=C\CCC(O)C(=O)NC(COC1OC(CO)C(O)C(O)C1O)C(O)C(O)CCCCCCC. The fraction of sp³-hybridized carbons (Fsp3) is 0.897. The first-order valence-electron chi connectivity index (χ1n) is 15.1. The van der Waals surface area contributed by atoms with Crippen LogP contribution in [0.3, 0.4) is 0 Å². The first kappa shape index (κ1) is 36.9. The third kappa shape index (κ3) is 13.7. The van der Waals surface area contributed by atoms with Crippen molar-refractivity contribution in [1.29, 1.82) is 0 Å². The summed E-state index contributed by atoms with van der Waals surface area (Å²) in [6.07, 6.45) is 3.76. The van der Waals surface area contributed by atoms with Crippen LogP contribution in [0.1, 0.15) is 97.3 Å². The van der Waals surface area contributed by atoms with E-state index in [2.05, 4.69) is 19.2 Å². The van der Waals surface area contributed by atoms with Gasteiger partial charge < -0.3 is 50.5 Å². The van der Waals surface area contributed by atoms with Gasteiger partial charge in [0.25, 0.3) is 0 Å². The van der Waals surface area contributed by atoms with Crippen LogP contribution in [0.25, 0.3) is 0 Å². The van der Waals surface area contributed by atoms with Crippen LogP contribution in [-0.2, 0) is 14.3 Å². The van der Waals surface area contributed by atoms with Crippen molar-refractivity contribution < 1.29 is 50.0 Å². The molecule has 0 aromatic heterocycles. The molecule has 0 radical (unpaired) electrons. The van der Waals surface area contributed by atoms with Crippen LogP contribution in [-0.4, -0.2) is 110 Å². The number of amides is 1. The summed E-state index contributed by atoms with van der Waals surface area (Å²) in [7, 11) is 0. The Balaban J connectivity index is 2.74. The summed E-state index contributed by atoms with van der Waals surface area (Å²) >= 11 is 0. The normalized spacial score (nSPS) is 26.5. The number of rotatable bonds is 22. The number of ether oxygens (including phenoxy) is 2. The largest absolute Gasteiger partial charge is 0.394 e. The molecular formula is C29H55NO10. The minimum atomic E-state index is -1.66. The molecule has 0 aromatic rings. The van der Waals surface area contributed by atoms with Gasteiger partial charge >= 0.3 is 0 Å². The number of carbonyl (C=O) groups is 1. The molecule has 1 aliphatic heterocycles. The maximum absolute atomic E-state index is 12.7. The summed E-state index contributed by atoms with van der Waals surface area (Å²) in [5, 5.41) is 74.0. The Morgan fingerprint density at radius 1 is 0.850 bits per heavy atom. The summed E-state index contributed by atoms with van der Waals surface area (Å²) in [4.78, 5) is 12.7. The van der Waals surface area contributed by atoms with Gasteiger partial charge in [0.05, 0.1) is 25.4 Å². The fourth-order valence-corrected chi connectivity index (χ4v) is 4.61. The highest BCUT2D eigenvalue weighted by atomic mass is 16.7. The van der Waals surface area contributed by atoms with E-state index in [1.165, 1.54) is 19.3 Å². The molecule has 11 heteroatoms. The molecular weight excluding hydrogens is 522 g/mol. The number of aliphatic hydroxyl groups excluding tert-OH is 7. The van der Waals surface area contributed by atoms with E-state index in [9.17, 15) is 40.5 Å². The van der Waals surface area contributed by atoms with Crippen LogP contribution in [0, 0.1) is 0 Å². The highest BCUT2D eigenvalue weighted by Gasteiger charge is 2.44. The van der Waals surface area contributed by atoms with Gasteiger partial charge in [-0.2, -0.15) is 0 Å². The molecule has 1 aliphatic rings. The first-order valence-corrected chi connectivity index (χ1v) is 15.1. The lowest BCUT2D eigenvalue weighted by molar-refractivity contribution is -0.303. The molecule has 9 unspecified atom stereocenters. The topological polar surface area (TPSA) is 189 Å². The molecule has 0 spiro atoms. The third-order valence-electron chi connectivity index (χ3n) is 7.33. The molecule has 1 heterocycles. The van der Waals surface area contributed by atoms with Gasteiger partial charge in [0, 0.05) is 0 Å². The quantitative estimate of drug-likeness (QED) is 0.0682. The number of aliphatic hydroxyl groups is 7. The molecule has 9 atom stereocenters. The van der Waals surface area contributed by atoms with Crippen molar-refractivity contribution in [3.8, 4) is 0 Å². The molecule has 0 aliphatic carbocycles. The highest BCUT2D eigenvalue weighted by Crippen LogP contribution is 2.22. The molecule has 8 N–H and O–H groups in total. The van der Waals surface area contributed by atoms with Crippen LogP contribution < -0.4 is 5.32 Å². The molecule has 0 saturated carbocycles. The summed E-state index contributed by atoms with van der Waals surface area (Å²) in [6, 6.07) is -1.17. The molecule has 1 amide bonds. The van der Waals surface area contributed by atoms with Gasteiger partial charge in [-0.15, -0.1) is 0 Å². The molecule has 236 valence electrons. The minimum absolute atomic E-state index is 0.174. The van der Waals surface area contributed by atoms with Gasteiger partial charge in [-0.05, 0) is 32.1 Å². The number of hydrogen-bond acceptors (Lipinski definition) is 10. The van der Waals surface area contributed by atoms with Crippen LogP contribution in [0.15, 0.2) is 12.2 Å². The molecule has 0 bridgehead atoms. The van der Waals surface area contributed by atoms with Crippen LogP contribution >= 0.6 is 0 Å². The summed E-state index contributed by atoms with van der Waals surface area (Å²) < 4.78 is 10.9. The second kappa shape index (κ2) is 21.5. The Bertz CT molecular complexity index is 679. The Morgan fingerprint density at radius 2 is 1.48 bits per heavy atom. The number of allylic oxidation sites excluding steroid dienone is 2. The van der Waals surface area contributed by atoms with Crippen molar-refractivity contribution in [1.82, 2.24) is 5.32 Å². The van der Waals surface area contributed by atoms with Gasteiger partial charge in [-0.1, -0.05) is 77.4 Å². The van der Waals surface area contributed by atoms with E-state index in [0.29, 0.717) is 19.3 Å². The van der Waals surface area contributed by atoms with Crippen molar-refractivity contribution >= 4 is 5.91 Å². The van der Waals surface area contributed by atoms with Crippen molar-refractivity contribution in [2.45, 2.75) is 152 Å². The van der Waals surface area contributed by atoms with Gasteiger partial charge in [-0.3, -0.25) is 4.79 Å². The van der Waals surface area contributed by atoms with E-state index >= 15 is 0 Å². The summed E-state index contributed by atoms with van der Waals surface area (Å²) in [5.74, 6) is -0.743. The van der Waals surface area contributed by atoms with E-state index in [4.69, 9.17) is 9.47 Å². The standard InChI is InChI=1S/C29H55NO10/c1-3-5-7-9-10-11-13-15-17-22(33)28(38)30-20(24(34)21(32)16-14-12-8-6-4-2)19-39-29-27(37)26(36)25(35)23(18-31)40-29/h11,13,20-27,29,31-37H,3-10,12,14-19H2,1-2H3,(H,30,38)/b13-11-. The first-order chi connectivity index (χ1) is 19.2. The Morgan fingerprint density at radius 3 is 2.12 bits per heavy atom. The number of carbonyl (C=O) groups excluding carboxylic acids is 1. The van der Waals surface area contributed by atoms with Crippen molar-refractivity contribution in [2.24, 2.45) is 0 Å². The predicted molar refractivity (Wildman–Crippen MR) is 150 cm³/mol. The van der Waals surface area contributed by atoms with Gasteiger partial charge in [-0.25, -0.2) is 0 Å². The molecule has 1 saturated heterocycles. The average Bonchev–Trinajstić information content (AvgIpc) is 2.95. The molecule has 40 heavy (non-hydrogen) atoms. The average molecular weight is 578 g/mol. The summed E-state index contributed by atoms with van der Waals surface area (Å²) in [5.41, 5.74) is 0. The van der Waals surface area contributed by atoms with Gasteiger partial charge in [0.1, 0.15) is 36.6 Å². The van der Waals surface area contributed by atoms with E-state index < -0.39 is 74.2 Å². The van der Waals surface area contributed by atoms with Crippen molar-refractivity contribution in [3.05, 3.63) is 12.2 Å². The smallest absolute Gasteiger partial charge is 0.249 e. The Labute approximate surface area is 239 Å². The third-order valence-corrected chi connectivity index (χ3v) is 7.33. The lowest BCUT2D eigenvalue weighted by atomic mass is 9.98. The zero-order valence-electron chi connectivity index (χ0n) is 24.3.